The van der Waals surface area contributed by atoms with Gasteiger partial charge in [-0.25, -0.2) is 0 Å². The third kappa shape index (κ3) is 3.86. The van der Waals surface area contributed by atoms with Gasteiger partial charge in [-0.15, -0.1) is 0 Å². The van der Waals surface area contributed by atoms with E-state index in [4.69, 9.17) is 0 Å². The second kappa shape index (κ2) is 6.41. The molecule has 102 valence electrons. The molecule has 0 radical (unpaired) electrons. The molecule has 0 saturated heterocycles. The van der Waals surface area contributed by atoms with Crippen LogP contribution in [0.3, 0.4) is 0 Å². The van der Waals surface area contributed by atoms with Crippen LogP contribution in [0.15, 0.2) is 18.2 Å². The number of benzene rings is 1. The third-order valence-corrected chi connectivity index (χ3v) is 4.14. The fraction of sp³-hybridized carbons (Fsp3) is 0.667. The van der Waals surface area contributed by atoms with Crippen LogP contribution in [0.25, 0.3) is 0 Å². The van der Waals surface area contributed by atoms with Crippen molar-refractivity contribution in [2.24, 2.45) is 11.8 Å². The number of rotatable bonds is 5. The predicted molar refractivity (Wildman–Crippen MR) is 82.3 cm³/mol. The second-order valence-corrected chi connectivity index (χ2v) is 6.69. The molecule has 1 unspecified atom stereocenters. The van der Waals surface area contributed by atoms with E-state index in [0.717, 1.165) is 11.8 Å². The van der Waals surface area contributed by atoms with E-state index >= 15 is 0 Å². The summed E-state index contributed by atoms with van der Waals surface area (Å²) in [5, 5.41) is 0. The van der Waals surface area contributed by atoms with Crippen LogP contribution in [0, 0.1) is 11.8 Å². The average Bonchev–Trinajstić information content (AvgIpc) is 2.28. The van der Waals surface area contributed by atoms with E-state index < -0.39 is 0 Å². The largest absolute Gasteiger partial charge is 0.0625 e. The summed E-state index contributed by atoms with van der Waals surface area (Å²) in [5.41, 5.74) is 4.57. The molecule has 0 heteroatoms. The highest BCUT2D eigenvalue weighted by molar-refractivity contribution is 5.35. The standard InChI is InChI=1S/C18H30/c1-12(2)15(7)10-17-9-8-16(13(3)4)11-18(17)14(5)6/h8-9,11-15H,10H2,1-7H3. The molecule has 0 heterocycles. The molecule has 0 bridgehead atoms. The summed E-state index contributed by atoms with van der Waals surface area (Å²) in [5.74, 6) is 2.76. The van der Waals surface area contributed by atoms with Crippen LogP contribution in [0.4, 0.5) is 0 Å². The van der Waals surface area contributed by atoms with Gasteiger partial charge >= 0.3 is 0 Å². The highest BCUT2D eigenvalue weighted by Gasteiger charge is 2.14. The van der Waals surface area contributed by atoms with Gasteiger partial charge in [-0.1, -0.05) is 66.7 Å². The molecule has 1 aromatic carbocycles. The molecule has 1 rings (SSSR count). The maximum absolute atomic E-state index is 2.43. The molecule has 0 aliphatic rings. The molecular weight excluding hydrogens is 216 g/mol. The van der Waals surface area contributed by atoms with Crippen molar-refractivity contribution in [2.45, 2.75) is 66.7 Å². The molecule has 0 N–H and O–H groups in total. The second-order valence-electron chi connectivity index (χ2n) is 6.69. The quantitative estimate of drug-likeness (QED) is 0.619. The van der Waals surface area contributed by atoms with Gasteiger partial charge in [0.2, 0.25) is 0 Å². The Labute approximate surface area is 114 Å². The lowest BCUT2D eigenvalue weighted by atomic mass is 9.85. The zero-order chi connectivity index (χ0) is 13.9. The summed E-state index contributed by atoms with van der Waals surface area (Å²) in [7, 11) is 0. The van der Waals surface area contributed by atoms with E-state index in [1.165, 1.54) is 12.0 Å². The molecule has 1 atom stereocenters. The molecule has 1 aromatic rings. The molecule has 0 nitrogen and oxygen atoms in total. The van der Waals surface area contributed by atoms with Crippen molar-refractivity contribution in [3.05, 3.63) is 34.9 Å². The summed E-state index contributed by atoms with van der Waals surface area (Å²) in [6.07, 6.45) is 1.21. The first-order valence-corrected chi connectivity index (χ1v) is 7.45. The van der Waals surface area contributed by atoms with Crippen LogP contribution < -0.4 is 0 Å². The zero-order valence-corrected chi connectivity index (χ0v) is 13.2. The normalized spacial score (nSPS) is 13.7. The van der Waals surface area contributed by atoms with Crippen molar-refractivity contribution in [1.29, 1.82) is 0 Å². The fourth-order valence-electron chi connectivity index (χ4n) is 2.28. The maximum atomic E-state index is 2.43. The van der Waals surface area contributed by atoms with Crippen LogP contribution in [-0.2, 0) is 6.42 Å². The van der Waals surface area contributed by atoms with Gasteiger partial charge in [0.05, 0.1) is 0 Å². The van der Waals surface area contributed by atoms with E-state index in [0.29, 0.717) is 11.8 Å². The molecule has 0 aliphatic carbocycles. The van der Waals surface area contributed by atoms with E-state index in [-0.39, 0.29) is 0 Å². The zero-order valence-electron chi connectivity index (χ0n) is 13.2. The van der Waals surface area contributed by atoms with Gasteiger partial charge in [-0.05, 0) is 46.8 Å². The first-order chi connectivity index (χ1) is 8.32. The molecule has 0 aliphatic heterocycles. The molecule has 0 saturated carbocycles. The van der Waals surface area contributed by atoms with Gasteiger partial charge in [0, 0.05) is 0 Å². The molecule has 18 heavy (non-hydrogen) atoms. The van der Waals surface area contributed by atoms with Gasteiger partial charge in [0.25, 0.3) is 0 Å². The van der Waals surface area contributed by atoms with E-state index in [9.17, 15) is 0 Å². The third-order valence-electron chi connectivity index (χ3n) is 4.14. The lowest BCUT2D eigenvalue weighted by Crippen LogP contribution is -2.10. The smallest absolute Gasteiger partial charge is 0.0216 e. The van der Waals surface area contributed by atoms with E-state index in [1.807, 2.05) is 0 Å². The van der Waals surface area contributed by atoms with Crippen molar-refractivity contribution in [2.75, 3.05) is 0 Å². The number of hydrogen-bond acceptors (Lipinski definition) is 0. The summed E-state index contributed by atoms with van der Waals surface area (Å²) in [4.78, 5) is 0. The Morgan fingerprint density at radius 3 is 1.89 bits per heavy atom. The van der Waals surface area contributed by atoms with Gasteiger partial charge < -0.3 is 0 Å². The highest BCUT2D eigenvalue weighted by atomic mass is 14.2. The van der Waals surface area contributed by atoms with Crippen LogP contribution >= 0.6 is 0 Å². The van der Waals surface area contributed by atoms with Gasteiger partial charge in [0.1, 0.15) is 0 Å². The lowest BCUT2D eigenvalue weighted by Gasteiger charge is -2.21. The van der Waals surface area contributed by atoms with E-state index in [1.54, 1.807) is 11.1 Å². The predicted octanol–water partition coefficient (Wildman–Crippen LogP) is 5.77. The van der Waals surface area contributed by atoms with Crippen LogP contribution in [0.5, 0.6) is 0 Å². The van der Waals surface area contributed by atoms with Gasteiger partial charge in [-0.2, -0.15) is 0 Å². The molecule has 0 fully saturated rings. The number of hydrogen-bond donors (Lipinski definition) is 0. The average molecular weight is 246 g/mol. The Kier molecular flexibility index (Phi) is 5.44. The summed E-state index contributed by atoms with van der Waals surface area (Å²) in [6, 6.07) is 7.11. The van der Waals surface area contributed by atoms with Crippen LogP contribution in [0.1, 0.15) is 77.0 Å². The van der Waals surface area contributed by atoms with Crippen LogP contribution in [-0.4, -0.2) is 0 Å². The van der Waals surface area contributed by atoms with Crippen molar-refractivity contribution >= 4 is 0 Å². The van der Waals surface area contributed by atoms with Crippen molar-refractivity contribution < 1.29 is 0 Å². The molecular formula is C18H30. The maximum Gasteiger partial charge on any atom is -0.0216 e. The Balaban J connectivity index is 3.04. The minimum atomic E-state index is 0.623. The molecule has 0 amide bonds. The topological polar surface area (TPSA) is 0 Å². The SMILES string of the molecule is CC(C)c1ccc(CC(C)C(C)C)c(C(C)C)c1. The lowest BCUT2D eigenvalue weighted by molar-refractivity contribution is 0.416. The molecule has 0 spiro atoms. The Morgan fingerprint density at radius 2 is 1.44 bits per heavy atom. The summed E-state index contributed by atoms with van der Waals surface area (Å²) in [6.45, 7) is 16.2. The fourth-order valence-corrected chi connectivity index (χ4v) is 2.28. The minimum Gasteiger partial charge on any atom is -0.0625 e. The van der Waals surface area contributed by atoms with Crippen molar-refractivity contribution in [3.8, 4) is 0 Å². The summed E-state index contributed by atoms with van der Waals surface area (Å²) >= 11 is 0. The molecule has 0 aromatic heterocycles. The monoisotopic (exact) mass is 246 g/mol. The van der Waals surface area contributed by atoms with Gasteiger partial charge in [0.15, 0.2) is 0 Å². The Bertz CT molecular complexity index is 372. The van der Waals surface area contributed by atoms with Crippen molar-refractivity contribution in [1.82, 2.24) is 0 Å². The van der Waals surface area contributed by atoms with Gasteiger partial charge in [-0.3, -0.25) is 0 Å². The van der Waals surface area contributed by atoms with E-state index in [2.05, 4.69) is 66.7 Å². The Morgan fingerprint density at radius 1 is 0.833 bits per heavy atom. The first kappa shape index (κ1) is 15.3. The first-order valence-electron chi connectivity index (χ1n) is 7.45. The Hall–Kier alpha value is -0.780. The summed E-state index contributed by atoms with van der Waals surface area (Å²) < 4.78 is 0. The highest BCUT2D eigenvalue weighted by Crippen LogP contribution is 2.28. The van der Waals surface area contributed by atoms with Crippen molar-refractivity contribution in [3.63, 3.8) is 0 Å². The minimum absolute atomic E-state index is 0.623. The van der Waals surface area contributed by atoms with Crippen LogP contribution in [0.2, 0.25) is 0 Å².